The van der Waals surface area contributed by atoms with Crippen LogP contribution in [-0.4, -0.2) is 37.1 Å². The Hall–Kier alpha value is -3.63. The number of hydrogen-bond acceptors (Lipinski definition) is 6. The Bertz CT molecular complexity index is 944. The molecule has 0 saturated carbocycles. The maximum Gasteiger partial charge on any atom is 0.328 e. The van der Waals surface area contributed by atoms with Crippen molar-refractivity contribution in [3.8, 4) is 5.75 Å². The highest BCUT2D eigenvalue weighted by Crippen LogP contribution is 2.25. The third-order valence-corrected chi connectivity index (χ3v) is 3.92. The minimum atomic E-state index is -1.47. The van der Waals surface area contributed by atoms with Crippen molar-refractivity contribution >= 4 is 17.6 Å². The molecule has 2 rings (SSSR count). The molecule has 2 aromatic rings. The number of methoxy groups -OCH3 is 2. The Labute approximate surface area is 162 Å². The van der Waals surface area contributed by atoms with Gasteiger partial charge in [0.25, 0.3) is 11.6 Å². The molecule has 0 aliphatic heterocycles. The second-order valence-electron chi connectivity index (χ2n) is 5.75. The summed E-state index contributed by atoms with van der Waals surface area (Å²) in [6, 6.07) is 2.76. The Morgan fingerprint density at radius 3 is 2.28 bits per heavy atom. The molecule has 8 nitrogen and oxygen atoms in total. The zero-order chi connectivity index (χ0) is 21.7. The number of rotatable bonds is 7. The molecule has 0 aliphatic rings. The van der Waals surface area contributed by atoms with Crippen LogP contribution in [0.15, 0.2) is 30.3 Å². The summed E-state index contributed by atoms with van der Waals surface area (Å²) in [6.45, 7) is 0. The van der Waals surface area contributed by atoms with Crippen LogP contribution in [-0.2, 0) is 16.0 Å². The van der Waals surface area contributed by atoms with Gasteiger partial charge in [-0.2, -0.15) is 0 Å². The summed E-state index contributed by atoms with van der Waals surface area (Å²) in [5.74, 6) is -6.27. The number of nitrogens with zero attached hydrogens (tertiary/aromatic N) is 1. The van der Waals surface area contributed by atoms with Crippen LogP contribution in [0, 0.1) is 27.6 Å². The van der Waals surface area contributed by atoms with Gasteiger partial charge < -0.3 is 14.8 Å². The van der Waals surface area contributed by atoms with Crippen LogP contribution in [0.1, 0.15) is 15.9 Å². The maximum atomic E-state index is 13.8. The van der Waals surface area contributed by atoms with Gasteiger partial charge in [-0.3, -0.25) is 14.9 Å². The average Bonchev–Trinajstić information content (AvgIpc) is 2.65. The predicted octanol–water partition coefficient (Wildman–Crippen LogP) is 2.53. The van der Waals surface area contributed by atoms with Crippen molar-refractivity contribution in [2.75, 3.05) is 14.2 Å². The molecule has 0 saturated heterocycles. The van der Waals surface area contributed by atoms with E-state index in [9.17, 15) is 32.9 Å². The van der Waals surface area contributed by atoms with Crippen molar-refractivity contribution in [1.29, 1.82) is 0 Å². The molecule has 2 aromatic carbocycles. The quantitative estimate of drug-likeness (QED) is 0.425. The van der Waals surface area contributed by atoms with Gasteiger partial charge in [-0.25, -0.2) is 18.0 Å². The molecule has 0 aliphatic carbocycles. The van der Waals surface area contributed by atoms with Crippen molar-refractivity contribution in [2.45, 2.75) is 12.5 Å². The summed E-state index contributed by atoms with van der Waals surface area (Å²) in [6.07, 6.45) is -0.340. The highest BCUT2D eigenvalue weighted by atomic mass is 19.1. The molecule has 11 heteroatoms. The first kappa shape index (κ1) is 21.7. The number of nitrogens with one attached hydrogen (secondary N) is 1. The van der Waals surface area contributed by atoms with Crippen molar-refractivity contribution in [2.24, 2.45) is 0 Å². The molecule has 1 atom stereocenters. The average molecular weight is 412 g/mol. The van der Waals surface area contributed by atoms with E-state index in [1.54, 1.807) is 0 Å². The molecule has 0 heterocycles. The summed E-state index contributed by atoms with van der Waals surface area (Å²) in [5, 5.41) is 13.1. The highest BCUT2D eigenvalue weighted by Gasteiger charge is 2.28. The summed E-state index contributed by atoms with van der Waals surface area (Å²) < 4.78 is 50.4. The topological polar surface area (TPSA) is 108 Å². The van der Waals surface area contributed by atoms with Crippen molar-refractivity contribution in [3.05, 3.63) is 69.0 Å². The van der Waals surface area contributed by atoms with E-state index in [-0.39, 0.29) is 23.4 Å². The fourth-order valence-corrected chi connectivity index (χ4v) is 2.58. The van der Waals surface area contributed by atoms with E-state index in [1.807, 2.05) is 0 Å². The van der Waals surface area contributed by atoms with E-state index in [0.29, 0.717) is 12.1 Å². The van der Waals surface area contributed by atoms with Crippen LogP contribution < -0.4 is 10.1 Å². The number of non-ortho nitro benzene ring substituents is 1. The van der Waals surface area contributed by atoms with Crippen molar-refractivity contribution < 1.29 is 37.2 Å². The third-order valence-electron chi connectivity index (χ3n) is 3.92. The Balaban J connectivity index is 2.37. The third kappa shape index (κ3) is 5.00. The fraction of sp³-hybridized carbons (Fsp3) is 0.222. The first-order chi connectivity index (χ1) is 13.7. The van der Waals surface area contributed by atoms with Gasteiger partial charge in [-0.1, -0.05) is 0 Å². The second kappa shape index (κ2) is 9.04. The fourth-order valence-electron chi connectivity index (χ4n) is 2.58. The lowest BCUT2D eigenvalue weighted by Gasteiger charge is -2.18. The number of ether oxygens (including phenoxy) is 2. The molecular weight excluding hydrogens is 397 g/mol. The second-order valence-corrected chi connectivity index (χ2v) is 5.75. The van der Waals surface area contributed by atoms with Gasteiger partial charge in [0, 0.05) is 36.2 Å². The summed E-state index contributed by atoms with van der Waals surface area (Å²) >= 11 is 0. The summed E-state index contributed by atoms with van der Waals surface area (Å²) in [7, 11) is 2.31. The lowest BCUT2D eigenvalue weighted by Crippen LogP contribution is -2.43. The van der Waals surface area contributed by atoms with Crippen LogP contribution in [0.5, 0.6) is 5.75 Å². The summed E-state index contributed by atoms with van der Waals surface area (Å²) in [4.78, 5) is 34.7. The minimum Gasteiger partial charge on any atom is -0.496 e. The van der Waals surface area contributed by atoms with Gasteiger partial charge in [0.2, 0.25) is 0 Å². The maximum absolute atomic E-state index is 13.8. The SMILES string of the molecule is COC(=O)[C@H](Cc1cc([N+](=O)[O-])ccc1OC)NC(=O)c1c(F)cc(F)cc1F. The molecule has 0 unspecified atom stereocenters. The van der Waals surface area contributed by atoms with Crippen LogP contribution in [0.2, 0.25) is 0 Å². The molecule has 1 amide bonds. The number of nitro groups is 1. The van der Waals surface area contributed by atoms with E-state index < -0.39 is 45.9 Å². The van der Waals surface area contributed by atoms with Gasteiger partial charge in [0.05, 0.1) is 19.1 Å². The van der Waals surface area contributed by atoms with Gasteiger partial charge in [0.1, 0.15) is 34.8 Å². The number of halogens is 3. The Morgan fingerprint density at radius 2 is 1.76 bits per heavy atom. The van der Waals surface area contributed by atoms with Gasteiger partial charge in [0.15, 0.2) is 0 Å². The van der Waals surface area contributed by atoms with Gasteiger partial charge in [-0.15, -0.1) is 0 Å². The monoisotopic (exact) mass is 412 g/mol. The smallest absolute Gasteiger partial charge is 0.328 e. The number of benzene rings is 2. The molecule has 29 heavy (non-hydrogen) atoms. The van der Waals surface area contributed by atoms with E-state index in [0.717, 1.165) is 13.2 Å². The zero-order valence-corrected chi connectivity index (χ0v) is 15.2. The van der Waals surface area contributed by atoms with E-state index in [4.69, 9.17) is 4.74 Å². The van der Waals surface area contributed by atoms with Gasteiger partial charge >= 0.3 is 5.97 Å². The molecule has 0 fully saturated rings. The normalized spacial score (nSPS) is 11.5. The van der Waals surface area contributed by atoms with Gasteiger partial charge in [-0.05, 0) is 6.07 Å². The number of esters is 1. The van der Waals surface area contributed by atoms with Crippen LogP contribution >= 0.6 is 0 Å². The minimum absolute atomic E-state index is 0.164. The predicted molar refractivity (Wildman–Crippen MR) is 92.9 cm³/mol. The first-order valence-electron chi connectivity index (χ1n) is 8.02. The molecule has 0 bridgehead atoms. The van der Waals surface area contributed by atoms with Crippen LogP contribution in [0.25, 0.3) is 0 Å². The largest absolute Gasteiger partial charge is 0.496 e. The molecule has 1 N–H and O–H groups in total. The van der Waals surface area contributed by atoms with Crippen molar-refractivity contribution in [3.63, 3.8) is 0 Å². The molecule has 0 radical (unpaired) electrons. The molecular formula is C18H15F3N2O6. The number of hydrogen-bond donors (Lipinski definition) is 1. The number of nitro benzene ring substituents is 1. The lowest BCUT2D eigenvalue weighted by atomic mass is 10.0. The Morgan fingerprint density at radius 1 is 1.14 bits per heavy atom. The lowest BCUT2D eigenvalue weighted by molar-refractivity contribution is -0.384. The molecule has 0 aromatic heterocycles. The standard InChI is InChI=1S/C18H15F3N2O6/c1-28-15-4-3-11(23(26)27)5-9(15)6-14(18(25)29-2)22-17(24)16-12(20)7-10(19)8-13(16)21/h3-5,7-8,14H,6H2,1-2H3,(H,22,24)/t14-/m0/s1. The molecule has 154 valence electrons. The number of carbonyl (C=O) groups is 2. The van der Waals surface area contributed by atoms with E-state index in [2.05, 4.69) is 10.1 Å². The number of carbonyl (C=O) groups excluding carboxylic acids is 2. The first-order valence-corrected chi connectivity index (χ1v) is 8.02. The zero-order valence-electron chi connectivity index (χ0n) is 15.2. The molecule has 0 spiro atoms. The van der Waals surface area contributed by atoms with E-state index in [1.165, 1.54) is 19.2 Å². The number of amides is 1. The van der Waals surface area contributed by atoms with Crippen LogP contribution in [0.4, 0.5) is 18.9 Å². The highest BCUT2D eigenvalue weighted by molar-refractivity contribution is 5.97. The van der Waals surface area contributed by atoms with E-state index >= 15 is 0 Å². The van der Waals surface area contributed by atoms with Crippen molar-refractivity contribution in [1.82, 2.24) is 5.32 Å². The Kier molecular flexibility index (Phi) is 6.75. The summed E-state index contributed by atoms with van der Waals surface area (Å²) in [5.41, 5.74) is -1.23. The van der Waals surface area contributed by atoms with Crippen LogP contribution in [0.3, 0.4) is 0 Å².